The Balaban J connectivity index is 0.00000160. The number of tetrazole rings is 1. The van der Waals surface area contributed by atoms with Crippen LogP contribution in [0.15, 0.2) is 90.1 Å². The average Bonchev–Trinajstić information content (AvgIpc) is 3.31. The van der Waals surface area contributed by atoms with Crippen LogP contribution in [0.5, 0.6) is 0 Å². The molecule has 0 atom stereocenters. The van der Waals surface area contributed by atoms with Crippen LogP contribution in [0.4, 0.5) is 5.69 Å². The van der Waals surface area contributed by atoms with Crippen LogP contribution in [-0.4, -0.2) is 43.4 Å². The first-order chi connectivity index (χ1) is 17.3. The molecular weight excluding hydrogens is 509 g/mol. The summed E-state index contributed by atoms with van der Waals surface area (Å²) >= 11 is 0. The van der Waals surface area contributed by atoms with Crippen LogP contribution in [0.2, 0.25) is 0 Å². The van der Waals surface area contributed by atoms with Crippen LogP contribution in [-0.2, 0) is 17.6 Å². The number of hydrogen-bond acceptors (Lipinski definition) is 6. The Bertz CT molecular complexity index is 1570. The topological polar surface area (TPSA) is 98.0 Å². The normalized spacial score (nSPS) is 12.4. The molecule has 1 aliphatic rings. The van der Waals surface area contributed by atoms with Gasteiger partial charge in [-0.1, -0.05) is 54.6 Å². The standard InChI is InChI=1S/C27H21N7O.2ClH/c35-25-17-29-26(23-14-10-18-5-1-2-7-22(18)27(23)30-25)19-8-12-21(13-9-19)34-24(31-32-33-34)15-11-20-6-3-4-16-28-20;;/h1-10,12-14,16H,11,15,17H2,(H,30,35);2*1H. The van der Waals surface area contributed by atoms with Gasteiger partial charge in [-0.05, 0) is 46.5 Å². The summed E-state index contributed by atoms with van der Waals surface area (Å²) in [5, 5.41) is 17.4. The van der Waals surface area contributed by atoms with Crippen LogP contribution in [0.3, 0.4) is 0 Å². The van der Waals surface area contributed by atoms with E-state index in [9.17, 15) is 4.79 Å². The lowest BCUT2D eigenvalue weighted by molar-refractivity contribution is -0.114. The van der Waals surface area contributed by atoms with Crippen molar-refractivity contribution in [2.45, 2.75) is 12.8 Å². The molecule has 1 N–H and O–H groups in total. The summed E-state index contributed by atoms with van der Waals surface area (Å²) < 4.78 is 1.74. The van der Waals surface area contributed by atoms with Gasteiger partial charge in [0.25, 0.3) is 0 Å². The second-order valence-electron chi connectivity index (χ2n) is 8.30. The summed E-state index contributed by atoms with van der Waals surface area (Å²) in [5.41, 5.74) is 5.26. The van der Waals surface area contributed by atoms with Gasteiger partial charge in [0.2, 0.25) is 5.91 Å². The van der Waals surface area contributed by atoms with Crippen molar-refractivity contribution in [1.82, 2.24) is 25.2 Å². The molecule has 0 bridgehead atoms. The summed E-state index contributed by atoms with van der Waals surface area (Å²) in [6.07, 6.45) is 3.21. The molecule has 0 saturated carbocycles. The van der Waals surface area contributed by atoms with Gasteiger partial charge in [0, 0.05) is 34.8 Å². The molecule has 37 heavy (non-hydrogen) atoms. The molecule has 0 spiro atoms. The Morgan fingerprint density at radius 3 is 2.49 bits per heavy atom. The van der Waals surface area contributed by atoms with Crippen molar-refractivity contribution in [3.05, 3.63) is 108 Å². The SMILES string of the molecule is Cl.Cl.O=C1CN=C(c2ccc(-n3nnnc3CCc3ccccn3)cc2)c2ccc3ccccc3c2N1. The quantitative estimate of drug-likeness (QED) is 0.356. The Labute approximate surface area is 225 Å². The molecule has 6 rings (SSSR count). The van der Waals surface area contributed by atoms with Crippen molar-refractivity contribution in [3.8, 4) is 5.69 Å². The lowest BCUT2D eigenvalue weighted by atomic mass is 9.96. The van der Waals surface area contributed by atoms with E-state index in [-0.39, 0.29) is 37.3 Å². The maximum atomic E-state index is 12.4. The number of amides is 1. The zero-order valence-corrected chi connectivity index (χ0v) is 21.2. The van der Waals surface area contributed by atoms with Gasteiger partial charge < -0.3 is 5.32 Å². The number of aromatic nitrogens is 5. The first kappa shape index (κ1) is 25.9. The number of nitrogens with one attached hydrogen (secondary N) is 1. The molecule has 5 aromatic rings. The number of benzene rings is 3. The lowest BCUT2D eigenvalue weighted by Crippen LogP contribution is -2.13. The zero-order chi connectivity index (χ0) is 23.6. The van der Waals surface area contributed by atoms with Crippen molar-refractivity contribution in [2.75, 3.05) is 11.9 Å². The van der Waals surface area contributed by atoms with Gasteiger partial charge in [0.15, 0.2) is 5.82 Å². The maximum Gasteiger partial charge on any atom is 0.246 e. The highest BCUT2D eigenvalue weighted by atomic mass is 35.5. The van der Waals surface area contributed by atoms with E-state index in [1.165, 1.54) is 0 Å². The fourth-order valence-electron chi connectivity index (χ4n) is 4.37. The van der Waals surface area contributed by atoms with E-state index in [2.05, 4.69) is 36.9 Å². The monoisotopic (exact) mass is 531 g/mol. The molecule has 0 saturated heterocycles. The minimum Gasteiger partial charge on any atom is -0.323 e. The summed E-state index contributed by atoms with van der Waals surface area (Å²) in [7, 11) is 0. The third-order valence-electron chi connectivity index (χ3n) is 6.08. The molecule has 1 amide bonds. The van der Waals surface area contributed by atoms with Crippen LogP contribution in [0, 0.1) is 0 Å². The number of hydrogen-bond donors (Lipinski definition) is 1. The van der Waals surface area contributed by atoms with Crippen molar-refractivity contribution < 1.29 is 4.79 Å². The fourth-order valence-corrected chi connectivity index (χ4v) is 4.37. The number of pyridine rings is 1. The third-order valence-corrected chi connectivity index (χ3v) is 6.08. The minimum atomic E-state index is -0.125. The first-order valence-electron chi connectivity index (χ1n) is 11.4. The Kier molecular flexibility index (Phi) is 7.91. The number of anilines is 1. The van der Waals surface area contributed by atoms with Gasteiger partial charge in [0.05, 0.1) is 17.1 Å². The zero-order valence-electron chi connectivity index (χ0n) is 19.6. The molecule has 10 heteroatoms. The number of carbonyl (C=O) groups excluding carboxylic acids is 1. The molecule has 0 radical (unpaired) electrons. The summed E-state index contributed by atoms with van der Waals surface area (Å²) in [5.74, 6) is 0.641. The van der Waals surface area contributed by atoms with E-state index in [1.807, 2.05) is 72.8 Å². The second kappa shape index (κ2) is 11.3. The van der Waals surface area contributed by atoms with Crippen LogP contribution < -0.4 is 5.32 Å². The van der Waals surface area contributed by atoms with Gasteiger partial charge in [0.1, 0.15) is 6.54 Å². The highest BCUT2D eigenvalue weighted by molar-refractivity contribution is 6.23. The predicted octanol–water partition coefficient (Wildman–Crippen LogP) is 4.63. The molecular formula is C27H23Cl2N7O. The smallest absolute Gasteiger partial charge is 0.246 e. The van der Waals surface area contributed by atoms with Crippen LogP contribution in [0.25, 0.3) is 16.5 Å². The Morgan fingerprint density at radius 2 is 1.68 bits per heavy atom. The van der Waals surface area contributed by atoms with Crippen LogP contribution in [0.1, 0.15) is 22.6 Å². The molecule has 3 aromatic carbocycles. The molecule has 1 aliphatic heterocycles. The molecule has 186 valence electrons. The molecule has 0 aliphatic carbocycles. The van der Waals surface area contributed by atoms with E-state index in [0.717, 1.165) is 56.9 Å². The maximum absolute atomic E-state index is 12.4. The molecule has 3 heterocycles. The van der Waals surface area contributed by atoms with Crippen molar-refractivity contribution in [1.29, 1.82) is 0 Å². The van der Waals surface area contributed by atoms with Crippen molar-refractivity contribution >= 4 is 52.9 Å². The highest BCUT2D eigenvalue weighted by Crippen LogP contribution is 2.31. The number of aryl methyl sites for hydroxylation is 2. The van der Waals surface area contributed by atoms with E-state index < -0.39 is 0 Å². The van der Waals surface area contributed by atoms with E-state index in [4.69, 9.17) is 0 Å². The Hall–Kier alpha value is -4.14. The molecule has 0 fully saturated rings. The summed E-state index contributed by atoms with van der Waals surface area (Å²) in [6, 6.07) is 25.9. The molecule has 8 nitrogen and oxygen atoms in total. The highest BCUT2D eigenvalue weighted by Gasteiger charge is 2.20. The largest absolute Gasteiger partial charge is 0.323 e. The number of halogens is 2. The van der Waals surface area contributed by atoms with Crippen LogP contribution >= 0.6 is 24.8 Å². The first-order valence-corrected chi connectivity index (χ1v) is 11.4. The lowest BCUT2D eigenvalue weighted by Gasteiger charge is -2.13. The van der Waals surface area contributed by atoms with Crippen molar-refractivity contribution in [2.24, 2.45) is 4.99 Å². The van der Waals surface area contributed by atoms with Gasteiger partial charge in [-0.2, -0.15) is 4.68 Å². The van der Waals surface area contributed by atoms with E-state index in [1.54, 1.807) is 10.9 Å². The van der Waals surface area contributed by atoms with E-state index >= 15 is 0 Å². The number of aliphatic imine (C=N–C) groups is 1. The minimum absolute atomic E-state index is 0. The molecule has 2 aromatic heterocycles. The number of carbonyl (C=O) groups is 1. The predicted molar refractivity (Wildman–Crippen MR) is 148 cm³/mol. The number of fused-ring (bicyclic) bond motifs is 3. The molecule has 0 unspecified atom stereocenters. The van der Waals surface area contributed by atoms with E-state index in [0.29, 0.717) is 6.42 Å². The number of rotatable bonds is 5. The van der Waals surface area contributed by atoms with Gasteiger partial charge in [-0.25, -0.2) is 0 Å². The number of nitrogens with zero attached hydrogens (tertiary/aromatic N) is 6. The Morgan fingerprint density at radius 1 is 0.865 bits per heavy atom. The van der Waals surface area contributed by atoms with Gasteiger partial charge in [-0.3, -0.25) is 14.8 Å². The fraction of sp³-hybridized carbons (Fsp3) is 0.111. The summed E-state index contributed by atoms with van der Waals surface area (Å²) in [6.45, 7) is 0.0742. The van der Waals surface area contributed by atoms with Gasteiger partial charge in [-0.15, -0.1) is 29.9 Å². The second-order valence-corrected chi connectivity index (χ2v) is 8.30. The average molecular weight is 532 g/mol. The third kappa shape index (κ3) is 5.21. The van der Waals surface area contributed by atoms with Gasteiger partial charge >= 0.3 is 0 Å². The van der Waals surface area contributed by atoms with Crippen molar-refractivity contribution in [3.63, 3.8) is 0 Å². The summed E-state index contributed by atoms with van der Waals surface area (Å²) in [4.78, 5) is 21.4.